The van der Waals surface area contributed by atoms with Crippen molar-refractivity contribution < 1.29 is 13.9 Å². The molecule has 0 saturated carbocycles. The number of halogens is 4. The molecule has 1 atom stereocenters. The van der Waals surface area contributed by atoms with E-state index in [2.05, 4.69) is 15.9 Å². The second-order valence-corrected chi connectivity index (χ2v) is 5.00. The van der Waals surface area contributed by atoms with Gasteiger partial charge in [-0.2, -0.15) is 0 Å². The SMILES string of the molecule is OC(c1ccc(Br)c(Cl)c1)c1ccc(F)cc1F. The summed E-state index contributed by atoms with van der Waals surface area (Å²) >= 11 is 9.12. The maximum absolute atomic E-state index is 13.5. The summed E-state index contributed by atoms with van der Waals surface area (Å²) in [6.07, 6.45) is -1.18. The van der Waals surface area contributed by atoms with Gasteiger partial charge in [0.1, 0.15) is 17.7 Å². The fourth-order valence-corrected chi connectivity index (χ4v) is 2.02. The molecule has 1 unspecified atom stereocenters. The Morgan fingerprint density at radius 2 is 1.83 bits per heavy atom. The summed E-state index contributed by atoms with van der Waals surface area (Å²) < 4.78 is 27.0. The summed E-state index contributed by atoms with van der Waals surface area (Å²) in [6, 6.07) is 7.84. The van der Waals surface area contributed by atoms with Crippen molar-refractivity contribution in [1.29, 1.82) is 0 Å². The number of aliphatic hydroxyl groups is 1. The third kappa shape index (κ3) is 2.71. The van der Waals surface area contributed by atoms with E-state index < -0.39 is 17.7 Å². The van der Waals surface area contributed by atoms with E-state index in [0.717, 1.165) is 12.1 Å². The van der Waals surface area contributed by atoms with Crippen LogP contribution in [0.3, 0.4) is 0 Å². The zero-order valence-corrected chi connectivity index (χ0v) is 11.3. The van der Waals surface area contributed by atoms with Crippen molar-refractivity contribution in [3.05, 3.63) is 68.7 Å². The lowest BCUT2D eigenvalue weighted by molar-refractivity contribution is 0.214. The number of aliphatic hydroxyl groups excluding tert-OH is 1. The highest BCUT2D eigenvalue weighted by molar-refractivity contribution is 9.10. The minimum absolute atomic E-state index is 0.00906. The quantitative estimate of drug-likeness (QED) is 0.860. The van der Waals surface area contributed by atoms with Gasteiger partial charge in [-0.25, -0.2) is 8.78 Å². The minimum Gasteiger partial charge on any atom is -0.384 e. The van der Waals surface area contributed by atoms with E-state index in [9.17, 15) is 13.9 Å². The van der Waals surface area contributed by atoms with Crippen molar-refractivity contribution in [1.82, 2.24) is 0 Å². The maximum Gasteiger partial charge on any atom is 0.132 e. The van der Waals surface area contributed by atoms with Gasteiger partial charge in [0.2, 0.25) is 0 Å². The Morgan fingerprint density at radius 3 is 2.44 bits per heavy atom. The molecule has 0 aliphatic carbocycles. The predicted molar refractivity (Wildman–Crippen MR) is 69.6 cm³/mol. The maximum atomic E-state index is 13.5. The van der Waals surface area contributed by atoms with Crippen molar-refractivity contribution in [2.75, 3.05) is 0 Å². The fraction of sp³-hybridized carbons (Fsp3) is 0.0769. The van der Waals surface area contributed by atoms with Crippen LogP contribution >= 0.6 is 27.5 Å². The predicted octanol–water partition coefficient (Wildman–Crippen LogP) is 4.46. The molecule has 0 aliphatic rings. The Labute approximate surface area is 116 Å². The van der Waals surface area contributed by atoms with E-state index in [1.807, 2.05) is 0 Å². The second-order valence-electron chi connectivity index (χ2n) is 3.74. The Kier molecular flexibility index (Phi) is 4.00. The third-order valence-corrected chi connectivity index (χ3v) is 3.75. The van der Waals surface area contributed by atoms with Crippen LogP contribution in [0.4, 0.5) is 8.78 Å². The molecular weight excluding hydrogens is 325 g/mol. The Hall–Kier alpha value is -0.970. The standard InChI is InChI=1S/C13H8BrClF2O/c14-10-4-1-7(5-11(10)15)13(18)9-3-2-8(16)6-12(9)17/h1-6,13,18H. The zero-order valence-electron chi connectivity index (χ0n) is 9.00. The van der Waals surface area contributed by atoms with Crippen molar-refractivity contribution in [3.63, 3.8) is 0 Å². The highest BCUT2D eigenvalue weighted by Gasteiger charge is 2.16. The van der Waals surface area contributed by atoms with Gasteiger partial charge in [0.25, 0.3) is 0 Å². The van der Waals surface area contributed by atoms with E-state index in [1.54, 1.807) is 12.1 Å². The molecule has 0 heterocycles. The van der Waals surface area contributed by atoms with Crippen molar-refractivity contribution in [2.24, 2.45) is 0 Å². The van der Waals surface area contributed by atoms with Crippen LogP contribution in [0.1, 0.15) is 17.2 Å². The van der Waals surface area contributed by atoms with Crippen molar-refractivity contribution in [2.45, 2.75) is 6.10 Å². The first kappa shape index (κ1) is 13.5. The first-order chi connectivity index (χ1) is 8.49. The lowest BCUT2D eigenvalue weighted by atomic mass is 10.0. The number of benzene rings is 2. The molecule has 0 fully saturated rings. The van der Waals surface area contributed by atoms with Gasteiger partial charge in [0.05, 0.1) is 5.02 Å². The van der Waals surface area contributed by atoms with Crippen molar-refractivity contribution >= 4 is 27.5 Å². The normalized spacial score (nSPS) is 12.5. The summed E-state index contributed by atoms with van der Waals surface area (Å²) in [5.74, 6) is -1.47. The van der Waals surface area contributed by atoms with Crippen LogP contribution in [0.25, 0.3) is 0 Å². The van der Waals surface area contributed by atoms with Gasteiger partial charge in [-0.3, -0.25) is 0 Å². The molecule has 0 bridgehead atoms. The zero-order chi connectivity index (χ0) is 13.3. The highest BCUT2D eigenvalue weighted by Crippen LogP contribution is 2.30. The summed E-state index contributed by atoms with van der Waals surface area (Å²) in [6.45, 7) is 0. The number of hydrogen-bond acceptors (Lipinski definition) is 1. The topological polar surface area (TPSA) is 20.2 Å². The Balaban J connectivity index is 2.41. The second kappa shape index (κ2) is 5.34. The van der Waals surface area contributed by atoms with Gasteiger partial charge in [0, 0.05) is 16.1 Å². The minimum atomic E-state index is -1.18. The van der Waals surface area contributed by atoms with E-state index in [4.69, 9.17) is 11.6 Å². The molecule has 18 heavy (non-hydrogen) atoms. The average molecular weight is 334 g/mol. The monoisotopic (exact) mass is 332 g/mol. The van der Waals surface area contributed by atoms with Crippen LogP contribution in [-0.4, -0.2) is 5.11 Å². The molecule has 1 N–H and O–H groups in total. The third-order valence-electron chi connectivity index (χ3n) is 2.52. The van der Waals surface area contributed by atoms with Crippen LogP contribution in [-0.2, 0) is 0 Å². The molecule has 2 rings (SSSR count). The van der Waals surface area contributed by atoms with E-state index in [0.29, 0.717) is 15.1 Å². The molecule has 0 amide bonds. The van der Waals surface area contributed by atoms with Crippen LogP contribution in [0, 0.1) is 11.6 Å². The molecule has 94 valence electrons. The molecule has 2 aromatic rings. The molecule has 0 aromatic heterocycles. The van der Waals surface area contributed by atoms with E-state index in [-0.39, 0.29) is 5.56 Å². The van der Waals surface area contributed by atoms with Gasteiger partial charge in [-0.15, -0.1) is 0 Å². The smallest absolute Gasteiger partial charge is 0.132 e. The molecular formula is C13H8BrClF2O. The lowest BCUT2D eigenvalue weighted by Crippen LogP contribution is -2.03. The molecule has 0 aliphatic heterocycles. The molecule has 0 saturated heterocycles. The van der Waals surface area contributed by atoms with Crippen LogP contribution in [0.5, 0.6) is 0 Å². The van der Waals surface area contributed by atoms with Gasteiger partial charge >= 0.3 is 0 Å². The Bertz CT molecular complexity index is 589. The molecule has 1 nitrogen and oxygen atoms in total. The largest absolute Gasteiger partial charge is 0.384 e. The average Bonchev–Trinajstić information content (AvgIpc) is 2.32. The fourth-order valence-electron chi connectivity index (χ4n) is 1.59. The van der Waals surface area contributed by atoms with Gasteiger partial charge in [-0.05, 0) is 39.7 Å². The van der Waals surface area contributed by atoms with Crippen molar-refractivity contribution in [3.8, 4) is 0 Å². The number of hydrogen-bond donors (Lipinski definition) is 1. The summed E-state index contributed by atoms with van der Waals surface area (Å²) in [7, 11) is 0. The van der Waals surface area contributed by atoms with E-state index in [1.165, 1.54) is 12.1 Å². The van der Waals surface area contributed by atoms with Gasteiger partial charge < -0.3 is 5.11 Å². The number of rotatable bonds is 2. The first-order valence-electron chi connectivity index (χ1n) is 5.07. The van der Waals surface area contributed by atoms with Gasteiger partial charge in [0.15, 0.2) is 0 Å². The molecule has 0 spiro atoms. The van der Waals surface area contributed by atoms with Gasteiger partial charge in [-0.1, -0.05) is 23.7 Å². The molecule has 2 aromatic carbocycles. The highest BCUT2D eigenvalue weighted by atomic mass is 79.9. The Morgan fingerprint density at radius 1 is 1.11 bits per heavy atom. The first-order valence-corrected chi connectivity index (χ1v) is 6.24. The van der Waals surface area contributed by atoms with Crippen LogP contribution in [0.2, 0.25) is 5.02 Å². The van der Waals surface area contributed by atoms with Crippen LogP contribution < -0.4 is 0 Å². The summed E-state index contributed by atoms with van der Waals surface area (Å²) in [4.78, 5) is 0. The van der Waals surface area contributed by atoms with Crippen LogP contribution in [0.15, 0.2) is 40.9 Å². The molecule has 5 heteroatoms. The van der Waals surface area contributed by atoms with E-state index >= 15 is 0 Å². The summed E-state index contributed by atoms with van der Waals surface area (Å²) in [5.41, 5.74) is 0.448. The lowest BCUT2D eigenvalue weighted by Gasteiger charge is -2.13. The summed E-state index contributed by atoms with van der Waals surface area (Å²) in [5, 5.41) is 10.5. The molecule has 0 radical (unpaired) electrons.